The topological polar surface area (TPSA) is 32.3 Å². The molecule has 1 saturated carbocycles. The first kappa shape index (κ1) is 15.8. The van der Waals surface area contributed by atoms with Crippen molar-refractivity contribution in [2.45, 2.75) is 65.8 Å². The van der Waals surface area contributed by atoms with Crippen molar-refractivity contribution in [2.24, 2.45) is 17.3 Å². The molecular formula is C17H32N2O. The van der Waals surface area contributed by atoms with Crippen molar-refractivity contribution in [3.8, 4) is 0 Å². The maximum absolute atomic E-state index is 12.8. The van der Waals surface area contributed by atoms with Crippen LogP contribution in [0, 0.1) is 17.3 Å². The standard InChI is InChI=1S/C17H32N2O/c1-13(2)18-11-14-7-6-10-19(12-14)16(20)15-8-5-9-17(15,3)4/h13-15,18H,5-12H2,1-4H3. The third kappa shape index (κ3) is 3.75. The molecule has 1 aliphatic carbocycles. The summed E-state index contributed by atoms with van der Waals surface area (Å²) in [6.45, 7) is 11.9. The van der Waals surface area contributed by atoms with Gasteiger partial charge in [-0.1, -0.05) is 34.1 Å². The number of amides is 1. The summed E-state index contributed by atoms with van der Waals surface area (Å²) in [5.41, 5.74) is 0.209. The third-order valence-electron chi connectivity index (χ3n) is 5.20. The molecule has 2 rings (SSSR count). The van der Waals surface area contributed by atoms with E-state index in [0.717, 1.165) is 26.1 Å². The van der Waals surface area contributed by atoms with E-state index >= 15 is 0 Å². The average Bonchev–Trinajstić information content (AvgIpc) is 2.75. The predicted molar refractivity (Wildman–Crippen MR) is 83.6 cm³/mol. The molecule has 0 aromatic rings. The minimum atomic E-state index is 0.209. The lowest BCUT2D eigenvalue weighted by Gasteiger charge is -2.37. The summed E-state index contributed by atoms with van der Waals surface area (Å²) < 4.78 is 0. The van der Waals surface area contributed by atoms with Crippen molar-refractivity contribution >= 4 is 5.91 Å². The molecule has 2 atom stereocenters. The fourth-order valence-electron chi connectivity index (χ4n) is 3.84. The van der Waals surface area contributed by atoms with Crippen molar-refractivity contribution < 1.29 is 4.79 Å². The molecule has 0 aromatic heterocycles. The van der Waals surface area contributed by atoms with Crippen molar-refractivity contribution in [1.82, 2.24) is 10.2 Å². The van der Waals surface area contributed by atoms with Crippen LogP contribution in [-0.4, -0.2) is 36.5 Å². The van der Waals surface area contributed by atoms with Crippen LogP contribution < -0.4 is 5.32 Å². The van der Waals surface area contributed by atoms with Gasteiger partial charge in [0.05, 0.1) is 0 Å². The highest BCUT2D eigenvalue weighted by atomic mass is 16.2. The number of likely N-dealkylation sites (tertiary alicyclic amines) is 1. The normalized spacial score (nSPS) is 29.9. The summed E-state index contributed by atoms with van der Waals surface area (Å²) in [5, 5.41) is 3.52. The Labute approximate surface area is 124 Å². The number of nitrogens with zero attached hydrogens (tertiary/aromatic N) is 1. The molecule has 1 N–H and O–H groups in total. The minimum absolute atomic E-state index is 0.209. The molecule has 0 spiro atoms. The van der Waals surface area contributed by atoms with Crippen molar-refractivity contribution in [3.05, 3.63) is 0 Å². The first-order chi connectivity index (χ1) is 9.40. The maximum atomic E-state index is 12.8. The molecule has 1 saturated heterocycles. The Bertz CT molecular complexity index is 338. The minimum Gasteiger partial charge on any atom is -0.342 e. The van der Waals surface area contributed by atoms with Gasteiger partial charge in [0.15, 0.2) is 0 Å². The van der Waals surface area contributed by atoms with E-state index in [1.807, 2.05) is 0 Å². The second kappa shape index (κ2) is 6.46. The number of carbonyl (C=O) groups excluding carboxylic acids is 1. The Morgan fingerprint density at radius 3 is 2.65 bits per heavy atom. The predicted octanol–water partition coefficient (Wildman–Crippen LogP) is 3.05. The van der Waals surface area contributed by atoms with Gasteiger partial charge in [-0.2, -0.15) is 0 Å². The molecule has 20 heavy (non-hydrogen) atoms. The Balaban J connectivity index is 1.90. The molecule has 0 aromatic carbocycles. The molecule has 3 heteroatoms. The quantitative estimate of drug-likeness (QED) is 0.858. The van der Waals surface area contributed by atoms with Gasteiger partial charge < -0.3 is 10.2 Å². The molecule has 0 bridgehead atoms. The zero-order valence-electron chi connectivity index (χ0n) is 13.7. The van der Waals surface area contributed by atoms with Crippen molar-refractivity contribution in [1.29, 1.82) is 0 Å². The molecule has 0 radical (unpaired) electrons. The molecule has 1 amide bonds. The first-order valence-electron chi connectivity index (χ1n) is 8.42. The van der Waals surface area contributed by atoms with Crippen LogP contribution in [0.4, 0.5) is 0 Å². The largest absolute Gasteiger partial charge is 0.342 e. The van der Waals surface area contributed by atoms with Gasteiger partial charge in [0.1, 0.15) is 0 Å². The number of piperidine rings is 1. The van der Waals surface area contributed by atoms with Gasteiger partial charge in [-0.15, -0.1) is 0 Å². The Hall–Kier alpha value is -0.570. The molecule has 2 fully saturated rings. The van der Waals surface area contributed by atoms with E-state index in [-0.39, 0.29) is 11.3 Å². The van der Waals surface area contributed by atoms with Gasteiger partial charge in [-0.3, -0.25) is 4.79 Å². The van der Waals surface area contributed by atoms with Crippen LogP contribution in [0.2, 0.25) is 0 Å². The molecule has 116 valence electrons. The summed E-state index contributed by atoms with van der Waals surface area (Å²) in [6, 6.07) is 0.537. The molecule has 2 aliphatic rings. The molecular weight excluding hydrogens is 248 g/mol. The number of rotatable bonds is 4. The van der Waals surface area contributed by atoms with Gasteiger partial charge >= 0.3 is 0 Å². The van der Waals surface area contributed by atoms with Crippen LogP contribution >= 0.6 is 0 Å². The van der Waals surface area contributed by atoms with E-state index in [0.29, 0.717) is 17.9 Å². The van der Waals surface area contributed by atoms with E-state index in [4.69, 9.17) is 0 Å². The lowest BCUT2D eigenvalue weighted by atomic mass is 9.80. The monoisotopic (exact) mass is 280 g/mol. The summed E-state index contributed by atoms with van der Waals surface area (Å²) >= 11 is 0. The Morgan fingerprint density at radius 1 is 1.30 bits per heavy atom. The van der Waals surface area contributed by atoms with E-state index in [1.165, 1.54) is 25.7 Å². The van der Waals surface area contributed by atoms with Crippen LogP contribution in [0.3, 0.4) is 0 Å². The summed E-state index contributed by atoms with van der Waals surface area (Å²) in [6.07, 6.45) is 5.95. The zero-order chi connectivity index (χ0) is 14.8. The van der Waals surface area contributed by atoms with Gasteiger partial charge in [0.2, 0.25) is 5.91 Å². The van der Waals surface area contributed by atoms with Crippen LogP contribution in [0.25, 0.3) is 0 Å². The second-order valence-electron chi connectivity index (χ2n) is 7.79. The van der Waals surface area contributed by atoms with E-state index in [9.17, 15) is 4.79 Å². The number of hydrogen-bond donors (Lipinski definition) is 1. The smallest absolute Gasteiger partial charge is 0.226 e. The highest BCUT2D eigenvalue weighted by Gasteiger charge is 2.41. The van der Waals surface area contributed by atoms with Gasteiger partial charge in [-0.25, -0.2) is 0 Å². The first-order valence-corrected chi connectivity index (χ1v) is 8.42. The molecule has 2 unspecified atom stereocenters. The SMILES string of the molecule is CC(C)NCC1CCCN(C(=O)C2CCCC2(C)C)C1. The molecule has 1 aliphatic heterocycles. The number of carbonyl (C=O) groups is 1. The van der Waals surface area contributed by atoms with Crippen LogP contribution in [0.15, 0.2) is 0 Å². The summed E-state index contributed by atoms with van der Waals surface area (Å²) in [5.74, 6) is 1.33. The lowest BCUT2D eigenvalue weighted by molar-refractivity contribution is -0.140. The zero-order valence-corrected chi connectivity index (χ0v) is 13.7. The number of nitrogens with one attached hydrogen (secondary N) is 1. The van der Waals surface area contributed by atoms with E-state index in [2.05, 4.69) is 37.9 Å². The molecule has 3 nitrogen and oxygen atoms in total. The van der Waals surface area contributed by atoms with E-state index < -0.39 is 0 Å². The fraction of sp³-hybridized carbons (Fsp3) is 0.941. The fourth-order valence-corrected chi connectivity index (χ4v) is 3.84. The van der Waals surface area contributed by atoms with Gasteiger partial charge in [0, 0.05) is 25.0 Å². The van der Waals surface area contributed by atoms with Crippen molar-refractivity contribution in [2.75, 3.05) is 19.6 Å². The lowest BCUT2D eigenvalue weighted by Crippen LogP contribution is -2.47. The number of hydrogen-bond acceptors (Lipinski definition) is 2. The summed E-state index contributed by atoms with van der Waals surface area (Å²) in [4.78, 5) is 15.0. The third-order valence-corrected chi connectivity index (χ3v) is 5.20. The van der Waals surface area contributed by atoms with Crippen LogP contribution in [-0.2, 0) is 4.79 Å². The molecule has 1 heterocycles. The Morgan fingerprint density at radius 2 is 2.05 bits per heavy atom. The second-order valence-corrected chi connectivity index (χ2v) is 7.79. The van der Waals surface area contributed by atoms with Crippen LogP contribution in [0.5, 0.6) is 0 Å². The highest BCUT2D eigenvalue weighted by molar-refractivity contribution is 5.80. The average molecular weight is 280 g/mol. The Kier molecular flexibility index (Phi) is 5.11. The van der Waals surface area contributed by atoms with Crippen molar-refractivity contribution in [3.63, 3.8) is 0 Å². The maximum Gasteiger partial charge on any atom is 0.226 e. The van der Waals surface area contributed by atoms with E-state index in [1.54, 1.807) is 0 Å². The van der Waals surface area contributed by atoms with Gasteiger partial charge in [-0.05, 0) is 43.6 Å². The van der Waals surface area contributed by atoms with Gasteiger partial charge in [0.25, 0.3) is 0 Å². The van der Waals surface area contributed by atoms with Crippen LogP contribution in [0.1, 0.15) is 59.8 Å². The highest BCUT2D eigenvalue weighted by Crippen LogP contribution is 2.43. The summed E-state index contributed by atoms with van der Waals surface area (Å²) in [7, 11) is 0.